The lowest BCUT2D eigenvalue weighted by Crippen LogP contribution is -2.50. The number of rotatable bonds is 3. The molecule has 26 heavy (non-hydrogen) atoms. The van der Waals surface area contributed by atoms with Gasteiger partial charge in [-0.05, 0) is 31.2 Å². The number of hydrogen-bond acceptors (Lipinski definition) is 4. The molecule has 0 unspecified atom stereocenters. The molecule has 1 aliphatic rings. The molecule has 0 atom stereocenters. The molecule has 0 spiro atoms. The van der Waals surface area contributed by atoms with Crippen LogP contribution in [0.3, 0.4) is 0 Å². The highest BCUT2D eigenvalue weighted by molar-refractivity contribution is 5.96. The van der Waals surface area contributed by atoms with Gasteiger partial charge in [0.2, 0.25) is 0 Å². The van der Waals surface area contributed by atoms with Crippen molar-refractivity contribution >= 4 is 17.5 Å². The van der Waals surface area contributed by atoms with Crippen LogP contribution in [0.2, 0.25) is 0 Å². The second-order valence-corrected chi connectivity index (χ2v) is 6.21. The van der Waals surface area contributed by atoms with Gasteiger partial charge in [0.25, 0.3) is 17.5 Å². The zero-order chi connectivity index (χ0) is 18.7. The Kier molecular flexibility index (Phi) is 4.97. The Morgan fingerprint density at radius 1 is 0.885 bits per heavy atom. The van der Waals surface area contributed by atoms with Crippen LogP contribution < -0.4 is 0 Å². The molecule has 1 saturated heterocycles. The van der Waals surface area contributed by atoms with Crippen LogP contribution >= 0.6 is 0 Å². The largest absolute Gasteiger partial charge is 0.335 e. The van der Waals surface area contributed by atoms with Gasteiger partial charge in [-0.3, -0.25) is 19.7 Å². The third kappa shape index (κ3) is 3.56. The van der Waals surface area contributed by atoms with Gasteiger partial charge in [-0.2, -0.15) is 0 Å². The highest BCUT2D eigenvalue weighted by Gasteiger charge is 2.26. The summed E-state index contributed by atoms with van der Waals surface area (Å²) in [7, 11) is 0. The first kappa shape index (κ1) is 17.6. The van der Waals surface area contributed by atoms with E-state index in [-0.39, 0.29) is 17.5 Å². The number of nitro groups is 1. The van der Waals surface area contributed by atoms with E-state index in [0.29, 0.717) is 42.9 Å². The summed E-state index contributed by atoms with van der Waals surface area (Å²) in [6.45, 7) is 3.42. The summed E-state index contributed by atoms with van der Waals surface area (Å²) >= 11 is 0. The lowest BCUT2D eigenvalue weighted by Gasteiger charge is -2.35. The zero-order valence-electron chi connectivity index (χ0n) is 14.4. The van der Waals surface area contributed by atoms with E-state index in [4.69, 9.17) is 0 Å². The summed E-state index contributed by atoms with van der Waals surface area (Å²) in [6.07, 6.45) is 0. The normalized spacial score (nSPS) is 14.2. The Labute approximate surface area is 151 Å². The van der Waals surface area contributed by atoms with Gasteiger partial charge < -0.3 is 9.80 Å². The molecule has 2 aromatic rings. The smallest absolute Gasteiger partial charge is 0.272 e. The summed E-state index contributed by atoms with van der Waals surface area (Å²) in [5, 5.41) is 10.9. The Morgan fingerprint density at radius 3 is 1.92 bits per heavy atom. The van der Waals surface area contributed by atoms with Crippen molar-refractivity contribution in [1.82, 2.24) is 9.80 Å². The molecule has 0 N–H and O–H groups in total. The second kappa shape index (κ2) is 7.35. The van der Waals surface area contributed by atoms with Gasteiger partial charge in [-0.15, -0.1) is 0 Å². The molecule has 7 nitrogen and oxygen atoms in total. The fraction of sp³-hybridized carbons (Fsp3) is 0.263. The Hall–Kier alpha value is -3.22. The summed E-state index contributed by atoms with van der Waals surface area (Å²) in [6, 6.07) is 13.4. The van der Waals surface area contributed by atoms with E-state index in [1.54, 1.807) is 34.9 Å². The molecule has 0 bridgehead atoms. The highest BCUT2D eigenvalue weighted by atomic mass is 16.6. The van der Waals surface area contributed by atoms with Crippen LogP contribution in [0, 0.1) is 17.0 Å². The van der Waals surface area contributed by atoms with Gasteiger partial charge in [-0.25, -0.2) is 0 Å². The molecule has 7 heteroatoms. The Bertz CT molecular complexity index is 843. The van der Waals surface area contributed by atoms with E-state index in [1.165, 1.54) is 12.1 Å². The summed E-state index contributed by atoms with van der Waals surface area (Å²) in [5.74, 6) is -0.210. The first-order valence-electron chi connectivity index (χ1n) is 8.36. The maximum absolute atomic E-state index is 12.6. The minimum atomic E-state index is -0.461. The highest BCUT2D eigenvalue weighted by Crippen LogP contribution is 2.20. The number of nitrogens with zero attached hydrogens (tertiary/aromatic N) is 3. The molecule has 0 radical (unpaired) electrons. The first-order chi connectivity index (χ1) is 12.5. The van der Waals surface area contributed by atoms with E-state index >= 15 is 0 Å². The third-order valence-corrected chi connectivity index (χ3v) is 4.52. The average Bonchev–Trinajstić information content (AvgIpc) is 2.67. The van der Waals surface area contributed by atoms with E-state index in [9.17, 15) is 19.7 Å². The summed E-state index contributed by atoms with van der Waals surface area (Å²) in [5.41, 5.74) is 1.52. The minimum Gasteiger partial charge on any atom is -0.335 e. The van der Waals surface area contributed by atoms with E-state index in [0.717, 1.165) is 0 Å². The molecule has 1 aliphatic heterocycles. The third-order valence-electron chi connectivity index (χ3n) is 4.52. The van der Waals surface area contributed by atoms with E-state index in [1.807, 2.05) is 18.2 Å². The second-order valence-electron chi connectivity index (χ2n) is 6.21. The molecule has 2 aromatic carbocycles. The van der Waals surface area contributed by atoms with Crippen LogP contribution in [0.25, 0.3) is 0 Å². The van der Waals surface area contributed by atoms with Gasteiger partial charge in [0.05, 0.1) is 4.92 Å². The predicted molar refractivity (Wildman–Crippen MR) is 96.1 cm³/mol. The van der Waals surface area contributed by atoms with Crippen molar-refractivity contribution in [3.8, 4) is 0 Å². The minimum absolute atomic E-state index is 0.000160. The monoisotopic (exact) mass is 353 g/mol. The molecule has 1 heterocycles. The van der Waals surface area contributed by atoms with Crippen molar-refractivity contribution in [2.24, 2.45) is 0 Å². The van der Waals surface area contributed by atoms with Gasteiger partial charge >= 0.3 is 0 Å². The van der Waals surface area contributed by atoms with Crippen LogP contribution in [-0.4, -0.2) is 52.7 Å². The molecule has 3 rings (SSSR count). The average molecular weight is 353 g/mol. The molecular weight excluding hydrogens is 334 g/mol. The standard InChI is InChI=1S/C19H19N3O4/c1-14-13-16(7-8-17(14)22(25)26)19(24)21-11-9-20(10-12-21)18(23)15-5-3-2-4-6-15/h2-8,13H,9-12H2,1H3. The molecular formula is C19H19N3O4. The topological polar surface area (TPSA) is 83.8 Å². The van der Waals surface area contributed by atoms with Gasteiger partial charge in [0, 0.05) is 48.9 Å². The van der Waals surface area contributed by atoms with Crippen LogP contribution in [0.15, 0.2) is 48.5 Å². The van der Waals surface area contributed by atoms with Crippen molar-refractivity contribution in [2.75, 3.05) is 26.2 Å². The lowest BCUT2D eigenvalue weighted by atomic mass is 10.1. The first-order valence-corrected chi connectivity index (χ1v) is 8.36. The molecule has 1 fully saturated rings. The van der Waals surface area contributed by atoms with Crippen LogP contribution in [0.4, 0.5) is 5.69 Å². The van der Waals surface area contributed by atoms with Crippen LogP contribution in [-0.2, 0) is 0 Å². The molecule has 0 saturated carbocycles. The lowest BCUT2D eigenvalue weighted by molar-refractivity contribution is -0.385. The zero-order valence-corrected chi connectivity index (χ0v) is 14.4. The van der Waals surface area contributed by atoms with E-state index < -0.39 is 4.92 Å². The number of amides is 2. The van der Waals surface area contributed by atoms with Crippen molar-refractivity contribution in [3.63, 3.8) is 0 Å². The van der Waals surface area contributed by atoms with Gasteiger partial charge in [0.15, 0.2) is 0 Å². The summed E-state index contributed by atoms with van der Waals surface area (Å²) < 4.78 is 0. The SMILES string of the molecule is Cc1cc(C(=O)N2CCN(C(=O)c3ccccc3)CC2)ccc1[N+](=O)[O-]. The number of nitro benzene ring substituents is 1. The maximum Gasteiger partial charge on any atom is 0.272 e. The maximum atomic E-state index is 12.6. The van der Waals surface area contributed by atoms with Gasteiger partial charge in [0.1, 0.15) is 0 Å². The quantitative estimate of drug-likeness (QED) is 0.627. The van der Waals surface area contributed by atoms with Crippen molar-refractivity contribution in [3.05, 3.63) is 75.3 Å². The van der Waals surface area contributed by atoms with Gasteiger partial charge in [-0.1, -0.05) is 18.2 Å². The number of benzene rings is 2. The van der Waals surface area contributed by atoms with Crippen LogP contribution in [0.5, 0.6) is 0 Å². The van der Waals surface area contributed by atoms with Crippen molar-refractivity contribution in [2.45, 2.75) is 6.92 Å². The number of hydrogen-bond donors (Lipinski definition) is 0. The number of carbonyl (C=O) groups excluding carboxylic acids is 2. The fourth-order valence-corrected chi connectivity index (χ4v) is 3.05. The Morgan fingerprint density at radius 2 is 1.42 bits per heavy atom. The molecule has 0 aliphatic carbocycles. The number of aryl methyl sites for hydroxylation is 1. The fourth-order valence-electron chi connectivity index (χ4n) is 3.05. The van der Waals surface area contributed by atoms with Crippen LogP contribution in [0.1, 0.15) is 26.3 Å². The molecule has 134 valence electrons. The molecule has 2 amide bonds. The Balaban J connectivity index is 1.64. The van der Waals surface area contributed by atoms with Crippen molar-refractivity contribution < 1.29 is 14.5 Å². The predicted octanol–water partition coefficient (Wildman–Crippen LogP) is 2.50. The molecule has 0 aromatic heterocycles. The van der Waals surface area contributed by atoms with E-state index in [2.05, 4.69) is 0 Å². The number of piperazine rings is 1. The number of carbonyl (C=O) groups is 2. The van der Waals surface area contributed by atoms with Crippen molar-refractivity contribution in [1.29, 1.82) is 0 Å². The summed E-state index contributed by atoms with van der Waals surface area (Å²) in [4.78, 5) is 38.9.